The number of nitrogens with zero attached hydrogens (tertiary/aromatic N) is 2. The van der Waals surface area contributed by atoms with Gasteiger partial charge in [0.15, 0.2) is 11.5 Å². The molecule has 7 heteroatoms. The Morgan fingerprint density at radius 3 is 2.48 bits per heavy atom. The van der Waals surface area contributed by atoms with Gasteiger partial charge in [-0.1, -0.05) is 0 Å². The van der Waals surface area contributed by atoms with E-state index in [2.05, 4.69) is 4.90 Å². The monoisotopic (exact) mass is 344 g/mol. The van der Waals surface area contributed by atoms with Gasteiger partial charge < -0.3 is 19.6 Å². The maximum absolute atomic E-state index is 10.7. The van der Waals surface area contributed by atoms with Crippen LogP contribution >= 0.6 is 0 Å². The van der Waals surface area contributed by atoms with Gasteiger partial charge in [0, 0.05) is 23.4 Å². The van der Waals surface area contributed by atoms with Crippen LogP contribution in [0, 0.1) is 10.1 Å². The average Bonchev–Trinajstić information content (AvgIpc) is 2.64. The number of anilines is 1. The molecule has 2 N–H and O–H groups in total. The van der Waals surface area contributed by atoms with Crippen LogP contribution in [0.2, 0.25) is 0 Å². The number of nitro benzene ring substituents is 1. The number of phenols is 1. The van der Waals surface area contributed by atoms with Crippen molar-refractivity contribution in [2.75, 3.05) is 38.2 Å². The van der Waals surface area contributed by atoms with Crippen molar-refractivity contribution in [3.05, 3.63) is 58.1 Å². The molecule has 0 radical (unpaired) electrons. The van der Waals surface area contributed by atoms with E-state index < -0.39 is 0 Å². The SMILES string of the molecule is COc1cc(C[NH+]2CCN(c3ccc([N+](=O)[O-])cc3)CC2)ccc1O. The summed E-state index contributed by atoms with van der Waals surface area (Å²) in [6.07, 6.45) is 0. The van der Waals surface area contributed by atoms with Crippen LogP contribution in [-0.2, 0) is 6.54 Å². The molecule has 0 spiro atoms. The number of benzene rings is 2. The number of hydrogen-bond acceptors (Lipinski definition) is 5. The molecule has 1 saturated heterocycles. The number of hydrogen-bond donors (Lipinski definition) is 2. The quantitative estimate of drug-likeness (QED) is 0.630. The smallest absolute Gasteiger partial charge is 0.269 e. The van der Waals surface area contributed by atoms with Crippen molar-refractivity contribution >= 4 is 11.4 Å². The summed E-state index contributed by atoms with van der Waals surface area (Å²) in [5.41, 5.74) is 2.28. The minimum Gasteiger partial charge on any atom is -0.504 e. The van der Waals surface area contributed by atoms with Crippen molar-refractivity contribution in [2.24, 2.45) is 0 Å². The van der Waals surface area contributed by atoms with Crippen LogP contribution in [-0.4, -0.2) is 43.3 Å². The fourth-order valence-electron chi connectivity index (χ4n) is 3.16. The summed E-state index contributed by atoms with van der Waals surface area (Å²) >= 11 is 0. The van der Waals surface area contributed by atoms with Crippen molar-refractivity contribution in [1.82, 2.24) is 0 Å². The Morgan fingerprint density at radius 2 is 1.88 bits per heavy atom. The Kier molecular flexibility index (Phi) is 5.04. The number of nitro groups is 1. The summed E-state index contributed by atoms with van der Waals surface area (Å²) in [6, 6.07) is 12.2. The number of piperazine rings is 1. The molecule has 2 aromatic carbocycles. The summed E-state index contributed by atoms with van der Waals surface area (Å²) < 4.78 is 5.16. The first kappa shape index (κ1) is 17.0. The lowest BCUT2D eigenvalue weighted by Crippen LogP contribution is -3.13. The van der Waals surface area contributed by atoms with Crippen LogP contribution in [0.5, 0.6) is 11.5 Å². The van der Waals surface area contributed by atoms with Crippen molar-refractivity contribution in [3.63, 3.8) is 0 Å². The first-order chi connectivity index (χ1) is 12.1. The highest BCUT2D eigenvalue weighted by Crippen LogP contribution is 2.26. The van der Waals surface area contributed by atoms with Gasteiger partial charge in [-0.05, 0) is 30.3 Å². The molecule has 1 aliphatic rings. The van der Waals surface area contributed by atoms with Crippen molar-refractivity contribution in [3.8, 4) is 11.5 Å². The van der Waals surface area contributed by atoms with Gasteiger partial charge >= 0.3 is 0 Å². The minimum atomic E-state index is -0.377. The van der Waals surface area contributed by atoms with E-state index in [1.54, 1.807) is 25.3 Å². The first-order valence-electron chi connectivity index (χ1n) is 8.25. The third kappa shape index (κ3) is 4.00. The largest absolute Gasteiger partial charge is 0.504 e. The predicted octanol–water partition coefficient (Wildman–Crippen LogP) is 1.21. The summed E-state index contributed by atoms with van der Waals surface area (Å²) in [5.74, 6) is 0.658. The summed E-state index contributed by atoms with van der Waals surface area (Å²) in [5, 5.41) is 20.4. The van der Waals surface area contributed by atoms with Crippen LogP contribution in [0.25, 0.3) is 0 Å². The molecule has 0 atom stereocenters. The van der Waals surface area contributed by atoms with Gasteiger partial charge in [0.1, 0.15) is 6.54 Å². The zero-order valence-electron chi connectivity index (χ0n) is 14.1. The van der Waals surface area contributed by atoms with Crippen molar-refractivity contribution in [1.29, 1.82) is 0 Å². The Balaban J connectivity index is 1.57. The molecule has 7 nitrogen and oxygen atoms in total. The lowest BCUT2D eigenvalue weighted by molar-refractivity contribution is -0.914. The highest BCUT2D eigenvalue weighted by Gasteiger charge is 2.21. The molecule has 0 aliphatic carbocycles. The second kappa shape index (κ2) is 7.40. The molecule has 0 saturated carbocycles. The number of quaternary nitrogens is 1. The van der Waals surface area contributed by atoms with Crippen LogP contribution in [0.4, 0.5) is 11.4 Å². The van der Waals surface area contributed by atoms with Crippen LogP contribution in [0.3, 0.4) is 0 Å². The zero-order chi connectivity index (χ0) is 17.8. The van der Waals surface area contributed by atoms with E-state index in [0.29, 0.717) is 5.75 Å². The van der Waals surface area contributed by atoms with E-state index in [-0.39, 0.29) is 16.4 Å². The van der Waals surface area contributed by atoms with Crippen molar-refractivity contribution in [2.45, 2.75) is 6.54 Å². The zero-order valence-corrected chi connectivity index (χ0v) is 14.1. The Bertz CT molecular complexity index is 740. The van der Waals surface area contributed by atoms with Gasteiger partial charge in [-0.25, -0.2) is 0 Å². The van der Waals surface area contributed by atoms with Crippen LogP contribution in [0.1, 0.15) is 5.56 Å². The predicted molar refractivity (Wildman–Crippen MR) is 94.4 cm³/mol. The van der Waals surface area contributed by atoms with Gasteiger partial charge in [-0.15, -0.1) is 0 Å². The highest BCUT2D eigenvalue weighted by atomic mass is 16.6. The van der Waals surface area contributed by atoms with Crippen LogP contribution in [0.15, 0.2) is 42.5 Å². The number of aromatic hydroxyl groups is 1. The number of non-ortho nitro benzene ring substituents is 1. The third-order valence-corrected chi connectivity index (χ3v) is 4.59. The fourth-order valence-corrected chi connectivity index (χ4v) is 3.16. The topological polar surface area (TPSA) is 80.3 Å². The normalized spacial score (nSPS) is 15.2. The van der Waals surface area contributed by atoms with E-state index >= 15 is 0 Å². The van der Waals surface area contributed by atoms with E-state index in [1.807, 2.05) is 24.3 Å². The molecule has 0 unspecified atom stereocenters. The lowest BCUT2D eigenvalue weighted by atomic mass is 10.1. The van der Waals surface area contributed by atoms with E-state index in [9.17, 15) is 15.2 Å². The summed E-state index contributed by atoms with van der Waals surface area (Å²) in [6.45, 7) is 4.66. The maximum Gasteiger partial charge on any atom is 0.269 e. The molecule has 25 heavy (non-hydrogen) atoms. The number of phenolic OH excluding ortho intramolecular Hbond substituents is 1. The number of ether oxygens (including phenoxy) is 1. The fraction of sp³-hybridized carbons (Fsp3) is 0.333. The van der Waals surface area contributed by atoms with Gasteiger partial charge in [0.25, 0.3) is 5.69 Å². The molecule has 0 bridgehead atoms. The summed E-state index contributed by atoms with van der Waals surface area (Å²) in [7, 11) is 1.55. The molecular formula is C18H22N3O4+. The molecule has 1 fully saturated rings. The van der Waals surface area contributed by atoms with Gasteiger partial charge in [-0.2, -0.15) is 0 Å². The molecule has 3 rings (SSSR count). The molecule has 2 aromatic rings. The Hall–Kier alpha value is -2.80. The van der Waals surface area contributed by atoms with Gasteiger partial charge in [-0.3, -0.25) is 10.1 Å². The second-order valence-electron chi connectivity index (χ2n) is 6.19. The first-order valence-corrected chi connectivity index (χ1v) is 8.25. The Labute approximate surface area is 146 Å². The standard InChI is InChI=1S/C18H21N3O4/c1-25-18-12-14(2-7-17(18)22)13-19-8-10-20(11-9-19)15-3-5-16(6-4-15)21(23)24/h2-7,12,22H,8-11,13H2,1H3/p+1. The Morgan fingerprint density at radius 1 is 1.20 bits per heavy atom. The minimum absolute atomic E-state index is 0.120. The molecular weight excluding hydrogens is 322 g/mol. The number of methoxy groups -OCH3 is 1. The molecule has 0 aromatic heterocycles. The average molecular weight is 344 g/mol. The summed E-state index contributed by atoms with van der Waals surface area (Å²) in [4.78, 5) is 14.1. The van der Waals surface area contributed by atoms with E-state index in [0.717, 1.165) is 44.0 Å². The van der Waals surface area contributed by atoms with Crippen molar-refractivity contribution < 1.29 is 19.7 Å². The lowest BCUT2D eigenvalue weighted by Gasteiger charge is -2.33. The maximum atomic E-state index is 10.7. The number of nitrogens with one attached hydrogen (secondary N) is 1. The van der Waals surface area contributed by atoms with E-state index in [1.165, 1.54) is 4.90 Å². The molecule has 132 valence electrons. The van der Waals surface area contributed by atoms with E-state index in [4.69, 9.17) is 4.74 Å². The van der Waals surface area contributed by atoms with Crippen LogP contribution < -0.4 is 14.5 Å². The molecule has 1 aliphatic heterocycles. The second-order valence-corrected chi connectivity index (χ2v) is 6.19. The van der Waals surface area contributed by atoms with Gasteiger partial charge in [0.2, 0.25) is 0 Å². The third-order valence-electron chi connectivity index (χ3n) is 4.59. The number of rotatable bonds is 5. The van der Waals surface area contributed by atoms with Gasteiger partial charge in [0.05, 0.1) is 38.2 Å². The highest BCUT2D eigenvalue weighted by molar-refractivity contribution is 5.51. The molecule has 0 amide bonds. The molecule has 1 heterocycles.